The van der Waals surface area contributed by atoms with Gasteiger partial charge in [-0.3, -0.25) is 9.69 Å². The normalized spacial score (nSPS) is 16.9. The van der Waals surface area contributed by atoms with Gasteiger partial charge in [-0.1, -0.05) is 11.3 Å². The van der Waals surface area contributed by atoms with E-state index in [0.29, 0.717) is 78.0 Å². The summed E-state index contributed by atoms with van der Waals surface area (Å²) in [6.07, 6.45) is 1.16. The van der Waals surface area contributed by atoms with E-state index in [0.717, 1.165) is 35.5 Å². The first-order valence-electron chi connectivity index (χ1n) is 14.3. The minimum atomic E-state index is -0.417. The number of aromatic nitrogens is 2. The van der Waals surface area contributed by atoms with Crippen molar-refractivity contribution in [2.75, 3.05) is 62.7 Å². The van der Waals surface area contributed by atoms with Crippen LogP contribution in [0.3, 0.4) is 0 Å². The second-order valence-corrected chi connectivity index (χ2v) is 12.3. The molecule has 4 heterocycles. The fraction of sp³-hybridized carbons (Fsp3) is 0.355. The Morgan fingerprint density at radius 2 is 1.86 bits per heavy atom. The van der Waals surface area contributed by atoms with E-state index >= 15 is 4.39 Å². The van der Waals surface area contributed by atoms with Gasteiger partial charge in [0.15, 0.2) is 10.9 Å². The first-order valence-corrected chi connectivity index (χ1v) is 15.1. The van der Waals surface area contributed by atoms with Gasteiger partial charge in [-0.25, -0.2) is 18.7 Å². The fourth-order valence-corrected chi connectivity index (χ4v) is 6.88. The third kappa shape index (κ3) is 4.97. The summed E-state index contributed by atoms with van der Waals surface area (Å²) in [5, 5.41) is 20.6. The van der Waals surface area contributed by atoms with Crippen molar-refractivity contribution >= 4 is 44.7 Å². The van der Waals surface area contributed by atoms with Crippen LogP contribution in [0.5, 0.6) is 0 Å². The number of amides is 1. The lowest BCUT2D eigenvalue weighted by Crippen LogP contribution is -2.57. The van der Waals surface area contributed by atoms with Crippen LogP contribution in [-0.2, 0) is 17.6 Å². The topological polar surface area (TPSA) is 99.8 Å². The van der Waals surface area contributed by atoms with Gasteiger partial charge in [-0.05, 0) is 54.8 Å². The van der Waals surface area contributed by atoms with Crippen LogP contribution in [-0.4, -0.2) is 89.7 Å². The standard InChI is InChI=1S/C31H29F2N7O2S/c1-37(31-36-28(26(14-34)43-31)18-2-4-19(32)5-3-18)30-22-6-7-25(22)35-29-23(30)12-20(13-24(29)33)39-10-8-38(9-11-39)17-27(42)40-15-21(41)16-40/h2-5,12-13,21,41H,6-11,15-17H2,1H3. The van der Waals surface area contributed by atoms with Gasteiger partial charge in [-0.2, -0.15) is 5.26 Å². The number of fused-ring (bicyclic) bond motifs is 2. The predicted molar refractivity (Wildman–Crippen MR) is 161 cm³/mol. The molecule has 220 valence electrons. The maximum Gasteiger partial charge on any atom is 0.236 e. The third-order valence-electron chi connectivity index (χ3n) is 8.56. The Morgan fingerprint density at radius 1 is 1.12 bits per heavy atom. The van der Waals surface area contributed by atoms with Gasteiger partial charge < -0.3 is 19.8 Å². The molecule has 43 heavy (non-hydrogen) atoms. The Labute approximate surface area is 251 Å². The summed E-state index contributed by atoms with van der Waals surface area (Å²) in [5.74, 6) is -0.733. The third-order valence-corrected chi connectivity index (χ3v) is 9.60. The minimum Gasteiger partial charge on any atom is -0.389 e. The number of nitrogens with zero attached hydrogens (tertiary/aromatic N) is 7. The number of aliphatic hydroxyl groups excluding tert-OH is 1. The van der Waals surface area contributed by atoms with Gasteiger partial charge in [0.2, 0.25) is 5.91 Å². The fourth-order valence-electron chi connectivity index (χ4n) is 6.02. The number of anilines is 3. The van der Waals surface area contributed by atoms with Crippen molar-refractivity contribution in [3.63, 3.8) is 0 Å². The lowest BCUT2D eigenvalue weighted by atomic mass is 9.89. The Kier molecular flexibility index (Phi) is 6.96. The van der Waals surface area contributed by atoms with Gasteiger partial charge >= 0.3 is 0 Å². The van der Waals surface area contributed by atoms with E-state index in [1.54, 1.807) is 17.0 Å². The number of aryl methyl sites for hydroxylation is 1. The smallest absolute Gasteiger partial charge is 0.236 e. The number of nitriles is 1. The number of hydrogen-bond donors (Lipinski definition) is 1. The average molecular weight is 602 g/mol. The number of likely N-dealkylation sites (tertiary alicyclic amines) is 1. The molecule has 0 spiro atoms. The van der Waals surface area contributed by atoms with Crippen molar-refractivity contribution in [2.45, 2.75) is 18.9 Å². The van der Waals surface area contributed by atoms with Gasteiger partial charge in [0.05, 0.1) is 18.3 Å². The van der Waals surface area contributed by atoms with Gasteiger partial charge in [0.25, 0.3) is 0 Å². The molecule has 12 heteroatoms. The molecule has 1 amide bonds. The molecule has 0 saturated carbocycles. The predicted octanol–water partition coefficient (Wildman–Crippen LogP) is 3.70. The highest BCUT2D eigenvalue weighted by Crippen LogP contribution is 2.44. The Bertz CT molecular complexity index is 1770. The number of pyridine rings is 1. The van der Waals surface area contributed by atoms with E-state index in [1.165, 1.54) is 29.5 Å². The maximum atomic E-state index is 15.7. The number of piperazine rings is 1. The molecule has 1 N–H and O–H groups in total. The molecule has 4 aromatic rings. The number of β-amino-alcohol motifs (C(OH)–C–C–N with tert-alkyl or cyclic N) is 1. The number of carbonyl (C=O) groups is 1. The van der Waals surface area contributed by atoms with E-state index in [2.05, 4.69) is 20.9 Å². The molecule has 1 aliphatic carbocycles. The summed E-state index contributed by atoms with van der Waals surface area (Å²) in [7, 11) is 1.87. The monoisotopic (exact) mass is 601 g/mol. The first kappa shape index (κ1) is 27.6. The number of aliphatic hydroxyl groups is 1. The van der Waals surface area contributed by atoms with E-state index < -0.39 is 11.9 Å². The zero-order valence-electron chi connectivity index (χ0n) is 23.6. The van der Waals surface area contributed by atoms with Gasteiger partial charge in [-0.15, -0.1) is 0 Å². The Hall–Kier alpha value is -4.18. The highest BCUT2D eigenvalue weighted by molar-refractivity contribution is 7.16. The van der Waals surface area contributed by atoms with Gasteiger partial charge in [0, 0.05) is 68.6 Å². The van der Waals surface area contributed by atoms with Crippen molar-refractivity contribution in [2.24, 2.45) is 0 Å². The summed E-state index contributed by atoms with van der Waals surface area (Å²) >= 11 is 1.24. The average Bonchev–Trinajstić information content (AvgIpc) is 3.41. The summed E-state index contributed by atoms with van der Waals surface area (Å²) < 4.78 is 29.2. The van der Waals surface area contributed by atoms with E-state index in [4.69, 9.17) is 4.98 Å². The molecular weight excluding hydrogens is 572 g/mol. The van der Waals surface area contributed by atoms with Crippen LogP contribution in [0.15, 0.2) is 36.4 Å². The maximum absolute atomic E-state index is 15.7. The van der Waals surface area contributed by atoms with Crippen molar-refractivity contribution in [3.05, 3.63) is 64.2 Å². The van der Waals surface area contributed by atoms with Crippen LogP contribution < -0.4 is 9.80 Å². The van der Waals surface area contributed by atoms with Crippen molar-refractivity contribution in [1.82, 2.24) is 19.8 Å². The van der Waals surface area contributed by atoms with Crippen LogP contribution in [0.2, 0.25) is 0 Å². The largest absolute Gasteiger partial charge is 0.389 e. The number of hydrogen-bond acceptors (Lipinski definition) is 9. The number of carbonyl (C=O) groups excluding carboxylic acids is 1. The Balaban J connectivity index is 1.18. The molecule has 0 unspecified atom stereocenters. The van der Waals surface area contributed by atoms with Crippen LogP contribution in [0.1, 0.15) is 16.1 Å². The second-order valence-electron chi connectivity index (χ2n) is 11.3. The number of halogens is 2. The molecule has 2 aliphatic heterocycles. The van der Waals surface area contributed by atoms with E-state index in [-0.39, 0.29) is 11.7 Å². The number of benzene rings is 2. The molecule has 0 radical (unpaired) electrons. The first-order chi connectivity index (χ1) is 20.8. The highest BCUT2D eigenvalue weighted by Gasteiger charge is 2.31. The van der Waals surface area contributed by atoms with Crippen molar-refractivity contribution in [3.8, 4) is 17.3 Å². The SMILES string of the molecule is CN(c1nc(-c2ccc(F)cc2)c(C#N)s1)c1c2c(nc3c(F)cc(N4CCN(CC(=O)N5CC(O)C5)CC4)cc13)CC2. The molecule has 2 fully saturated rings. The molecule has 2 aromatic carbocycles. The molecule has 3 aliphatic rings. The lowest BCUT2D eigenvalue weighted by Gasteiger charge is -2.40. The summed E-state index contributed by atoms with van der Waals surface area (Å²) in [6.45, 7) is 3.73. The van der Waals surface area contributed by atoms with Crippen LogP contribution in [0, 0.1) is 23.0 Å². The molecule has 2 aromatic heterocycles. The molecule has 7 rings (SSSR count). The number of rotatable bonds is 6. The van der Waals surface area contributed by atoms with Crippen LogP contribution in [0.4, 0.5) is 25.3 Å². The van der Waals surface area contributed by atoms with E-state index in [9.17, 15) is 19.6 Å². The molecule has 0 atom stereocenters. The molecule has 9 nitrogen and oxygen atoms in total. The second kappa shape index (κ2) is 10.8. The Morgan fingerprint density at radius 3 is 2.51 bits per heavy atom. The molecule has 2 saturated heterocycles. The van der Waals surface area contributed by atoms with Crippen molar-refractivity contribution < 1.29 is 18.7 Å². The zero-order valence-corrected chi connectivity index (χ0v) is 24.4. The molecular formula is C31H29F2N7O2S. The highest BCUT2D eigenvalue weighted by atomic mass is 32.1. The lowest BCUT2D eigenvalue weighted by molar-refractivity contribution is -0.142. The minimum absolute atomic E-state index is 0.0244. The van der Waals surface area contributed by atoms with Gasteiger partial charge in [0.1, 0.15) is 28.0 Å². The molecule has 0 bridgehead atoms. The van der Waals surface area contributed by atoms with Crippen LogP contribution in [0.25, 0.3) is 22.2 Å². The number of thiazole rings is 1. The zero-order chi connectivity index (χ0) is 29.8. The summed E-state index contributed by atoms with van der Waals surface area (Å²) in [4.78, 5) is 30.1. The van der Waals surface area contributed by atoms with Crippen molar-refractivity contribution in [1.29, 1.82) is 5.26 Å². The van der Waals surface area contributed by atoms with E-state index in [1.807, 2.05) is 18.0 Å². The quantitative estimate of drug-likeness (QED) is 0.357. The summed E-state index contributed by atoms with van der Waals surface area (Å²) in [6, 6.07) is 11.6. The van der Waals surface area contributed by atoms with Crippen LogP contribution >= 0.6 is 11.3 Å². The summed E-state index contributed by atoms with van der Waals surface area (Å²) in [5.41, 5.74) is 4.94.